The third-order valence-corrected chi connectivity index (χ3v) is 2.18. The van der Waals surface area contributed by atoms with Crippen molar-refractivity contribution >= 4 is 23.1 Å². The maximum absolute atomic E-state index is 12.6. The highest BCUT2D eigenvalue weighted by Gasteiger charge is 2.36. The normalized spacial score (nSPS) is 11.3. The zero-order chi connectivity index (χ0) is 12.5. The monoisotopic (exact) mass is 250 g/mol. The summed E-state index contributed by atoms with van der Waals surface area (Å²) < 4.78 is 37.7. The van der Waals surface area contributed by atoms with Crippen LogP contribution < -0.4 is 0 Å². The van der Waals surface area contributed by atoms with Crippen LogP contribution in [0.1, 0.15) is 31.8 Å². The minimum atomic E-state index is -4.72. The van der Waals surface area contributed by atoms with Crippen molar-refractivity contribution in [1.29, 1.82) is 0 Å². The van der Waals surface area contributed by atoms with Gasteiger partial charge in [0.1, 0.15) is 6.29 Å². The average molecular weight is 251 g/mol. The number of aldehydes is 1. The van der Waals surface area contributed by atoms with E-state index in [1.807, 2.05) is 0 Å². The third kappa shape index (κ3) is 2.41. The fourth-order valence-corrected chi connectivity index (χ4v) is 1.62. The van der Waals surface area contributed by atoms with Gasteiger partial charge in [-0.05, 0) is 36.2 Å². The van der Waals surface area contributed by atoms with Crippen molar-refractivity contribution in [2.45, 2.75) is 13.1 Å². The first-order valence-corrected chi connectivity index (χ1v) is 4.52. The molecule has 0 aliphatic carbocycles. The Balaban J connectivity index is 3.59. The number of rotatable bonds is 2. The van der Waals surface area contributed by atoms with Gasteiger partial charge in [0.25, 0.3) is 5.24 Å². The number of carbonyl (C=O) groups is 2. The van der Waals surface area contributed by atoms with Crippen molar-refractivity contribution < 1.29 is 22.8 Å². The van der Waals surface area contributed by atoms with Gasteiger partial charge < -0.3 is 0 Å². The van der Waals surface area contributed by atoms with Gasteiger partial charge in [0.15, 0.2) is 0 Å². The molecule has 0 saturated carbocycles. The zero-order valence-corrected chi connectivity index (χ0v) is 8.82. The maximum Gasteiger partial charge on any atom is 0.417 e. The van der Waals surface area contributed by atoms with E-state index in [1.54, 1.807) is 0 Å². The van der Waals surface area contributed by atoms with Gasteiger partial charge in [0.2, 0.25) is 0 Å². The van der Waals surface area contributed by atoms with Crippen LogP contribution >= 0.6 is 11.6 Å². The largest absolute Gasteiger partial charge is 0.417 e. The molecule has 0 radical (unpaired) electrons. The Bertz CT molecular complexity index is 452. The summed E-state index contributed by atoms with van der Waals surface area (Å²) in [5.74, 6) is 0. The predicted molar refractivity (Wildman–Crippen MR) is 51.8 cm³/mol. The summed E-state index contributed by atoms with van der Waals surface area (Å²) in [5, 5.41) is -1.19. The van der Waals surface area contributed by atoms with Crippen molar-refractivity contribution in [2.75, 3.05) is 0 Å². The number of hydrogen-bond donors (Lipinski definition) is 0. The molecule has 1 aromatic rings. The van der Waals surface area contributed by atoms with Crippen LogP contribution in [-0.4, -0.2) is 11.5 Å². The Morgan fingerprint density at radius 2 is 1.94 bits per heavy atom. The summed E-state index contributed by atoms with van der Waals surface area (Å²) in [4.78, 5) is 21.3. The van der Waals surface area contributed by atoms with Crippen molar-refractivity contribution in [3.8, 4) is 0 Å². The molecule has 0 atom stereocenters. The molecular weight excluding hydrogens is 245 g/mol. The SMILES string of the molecule is Cc1cc(C=O)cc(C(F)(F)F)c1C(=O)Cl. The van der Waals surface area contributed by atoms with Crippen molar-refractivity contribution in [1.82, 2.24) is 0 Å². The highest BCUT2D eigenvalue weighted by Crippen LogP contribution is 2.34. The van der Waals surface area contributed by atoms with Crippen LogP contribution in [0.3, 0.4) is 0 Å². The van der Waals surface area contributed by atoms with Crippen LogP contribution in [0, 0.1) is 6.92 Å². The highest BCUT2D eigenvalue weighted by atomic mass is 35.5. The number of hydrogen-bond acceptors (Lipinski definition) is 2. The number of carbonyl (C=O) groups excluding carboxylic acids is 2. The minimum absolute atomic E-state index is 0.0249. The first-order valence-electron chi connectivity index (χ1n) is 4.14. The van der Waals surface area contributed by atoms with Gasteiger partial charge in [-0.25, -0.2) is 0 Å². The first kappa shape index (κ1) is 12.7. The Hall–Kier alpha value is -1.36. The van der Waals surface area contributed by atoms with E-state index in [4.69, 9.17) is 11.6 Å². The zero-order valence-electron chi connectivity index (χ0n) is 8.06. The molecule has 0 heterocycles. The van der Waals surface area contributed by atoms with E-state index in [0.717, 1.165) is 0 Å². The van der Waals surface area contributed by atoms with Gasteiger partial charge in [0, 0.05) is 11.1 Å². The second kappa shape index (κ2) is 4.25. The molecule has 0 N–H and O–H groups in total. The number of benzene rings is 1. The molecule has 0 amide bonds. The van der Waals surface area contributed by atoms with E-state index in [1.165, 1.54) is 13.0 Å². The van der Waals surface area contributed by atoms with Crippen LogP contribution in [0.5, 0.6) is 0 Å². The van der Waals surface area contributed by atoms with Crippen LogP contribution in [-0.2, 0) is 6.18 Å². The van der Waals surface area contributed by atoms with Gasteiger partial charge in [-0.3, -0.25) is 9.59 Å². The Labute approximate surface area is 94.0 Å². The third-order valence-electron chi connectivity index (χ3n) is 2.00. The van der Waals surface area contributed by atoms with E-state index >= 15 is 0 Å². The van der Waals surface area contributed by atoms with Crippen LogP contribution in [0.4, 0.5) is 13.2 Å². The summed E-state index contributed by atoms with van der Waals surface area (Å²) in [6.45, 7) is 1.29. The lowest BCUT2D eigenvalue weighted by atomic mass is 9.99. The van der Waals surface area contributed by atoms with Gasteiger partial charge in [0.05, 0.1) is 5.56 Å². The van der Waals surface area contributed by atoms with Crippen molar-refractivity contribution in [3.63, 3.8) is 0 Å². The second-order valence-electron chi connectivity index (χ2n) is 3.15. The summed E-state index contributed by atoms with van der Waals surface area (Å²) in [6, 6.07) is 1.79. The highest BCUT2D eigenvalue weighted by molar-refractivity contribution is 6.68. The van der Waals surface area contributed by atoms with E-state index in [-0.39, 0.29) is 17.4 Å². The molecule has 0 saturated heterocycles. The Morgan fingerprint density at radius 1 is 1.38 bits per heavy atom. The van der Waals surface area contributed by atoms with Crippen molar-refractivity contribution in [3.05, 3.63) is 34.4 Å². The standard InChI is InChI=1S/C10H6ClF3O2/c1-5-2-6(4-15)3-7(10(12,13)14)8(5)9(11)16/h2-4H,1H3. The summed E-state index contributed by atoms with van der Waals surface area (Å²) in [7, 11) is 0. The molecule has 0 fully saturated rings. The van der Waals surface area contributed by atoms with Crippen LogP contribution in [0.15, 0.2) is 12.1 Å². The molecule has 0 unspecified atom stereocenters. The smallest absolute Gasteiger partial charge is 0.298 e. The number of aryl methyl sites for hydroxylation is 1. The molecule has 1 rings (SSSR count). The second-order valence-corrected chi connectivity index (χ2v) is 3.49. The average Bonchev–Trinajstić information content (AvgIpc) is 2.14. The Morgan fingerprint density at radius 3 is 2.31 bits per heavy atom. The molecule has 1 aromatic carbocycles. The minimum Gasteiger partial charge on any atom is -0.298 e. The topological polar surface area (TPSA) is 34.1 Å². The Kier molecular flexibility index (Phi) is 3.38. The lowest BCUT2D eigenvalue weighted by Crippen LogP contribution is -2.13. The molecule has 86 valence electrons. The quantitative estimate of drug-likeness (QED) is 0.597. The van der Waals surface area contributed by atoms with Crippen LogP contribution in [0.2, 0.25) is 0 Å². The molecule has 0 spiro atoms. The summed E-state index contributed by atoms with van der Waals surface area (Å²) >= 11 is 5.09. The molecular formula is C10H6ClF3O2. The van der Waals surface area contributed by atoms with Gasteiger partial charge >= 0.3 is 6.18 Å². The molecule has 2 nitrogen and oxygen atoms in total. The maximum atomic E-state index is 12.6. The van der Waals surface area contributed by atoms with Gasteiger partial charge in [-0.2, -0.15) is 13.2 Å². The lowest BCUT2D eigenvalue weighted by Gasteiger charge is -2.13. The fraction of sp³-hybridized carbons (Fsp3) is 0.200. The molecule has 0 aliphatic rings. The van der Waals surface area contributed by atoms with E-state index in [0.29, 0.717) is 6.07 Å². The molecule has 16 heavy (non-hydrogen) atoms. The summed E-state index contributed by atoms with van der Waals surface area (Å²) in [6.07, 6.45) is -4.44. The van der Waals surface area contributed by atoms with E-state index in [9.17, 15) is 22.8 Å². The fourth-order valence-electron chi connectivity index (χ4n) is 1.37. The molecule has 6 heteroatoms. The van der Waals surface area contributed by atoms with E-state index in [2.05, 4.69) is 0 Å². The van der Waals surface area contributed by atoms with Crippen molar-refractivity contribution in [2.24, 2.45) is 0 Å². The molecule has 0 bridgehead atoms. The van der Waals surface area contributed by atoms with E-state index < -0.39 is 22.5 Å². The molecule has 0 aromatic heterocycles. The van der Waals surface area contributed by atoms with Crippen LogP contribution in [0.25, 0.3) is 0 Å². The number of halogens is 4. The first-order chi connectivity index (χ1) is 7.27. The number of alkyl halides is 3. The molecule has 0 aliphatic heterocycles. The summed E-state index contributed by atoms with van der Waals surface area (Å²) in [5.41, 5.74) is -1.92. The van der Waals surface area contributed by atoms with Gasteiger partial charge in [-0.15, -0.1) is 0 Å². The van der Waals surface area contributed by atoms with Gasteiger partial charge in [-0.1, -0.05) is 0 Å². The predicted octanol–water partition coefficient (Wildman–Crippen LogP) is 3.21. The lowest BCUT2D eigenvalue weighted by molar-refractivity contribution is -0.137.